The summed E-state index contributed by atoms with van der Waals surface area (Å²) in [5.74, 6) is 1.19. The average Bonchev–Trinajstić information content (AvgIpc) is 2.85. The van der Waals surface area contributed by atoms with Gasteiger partial charge < -0.3 is 0 Å². The van der Waals surface area contributed by atoms with Crippen molar-refractivity contribution in [1.82, 2.24) is 0 Å². The second-order valence-electron chi connectivity index (χ2n) is 12.0. The normalized spacial score (nSPS) is 24.0. The van der Waals surface area contributed by atoms with Crippen molar-refractivity contribution in [2.45, 2.75) is 78.6 Å². The van der Waals surface area contributed by atoms with Crippen LogP contribution < -0.4 is 0 Å². The van der Waals surface area contributed by atoms with Gasteiger partial charge in [-0.3, -0.25) is 0 Å². The van der Waals surface area contributed by atoms with E-state index in [-0.39, 0.29) is 35.6 Å². The predicted molar refractivity (Wildman–Crippen MR) is 134 cm³/mol. The molecule has 0 bridgehead atoms. The van der Waals surface area contributed by atoms with Crippen LogP contribution in [0.4, 0.5) is 0 Å². The van der Waals surface area contributed by atoms with Crippen LogP contribution >= 0.6 is 24.8 Å². The molecule has 0 aromatic rings. The quantitative estimate of drug-likeness (QED) is 0.279. The summed E-state index contributed by atoms with van der Waals surface area (Å²) in [6, 6.07) is 0. The zero-order valence-electron chi connectivity index (χ0n) is 20.3. The van der Waals surface area contributed by atoms with Gasteiger partial charge in [0.05, 0.1) is 0 Å². The first-order valence-electron chi connectivity index (χ1n) is 10.3. The topological polar surface area (TPSA) is 0 Å². The monoisotopic (exact) mass is 610 g/mol. The summed E-state index contributed by atoms with van der Waals surface area (Å²) in [5, 5.41) is 0. The minimum Gasteiger partial charge on any atom is -0.147 e. The van der Waals surface area contributed by atoms with E-state index in [2.05, 4.69) is 97.7 Å². The Kier molecular flexibility index (Phi) is 8.47. The maximum absolute atomic E-state index is 3.37. The molecule has 0 fully saturated rings. The molecule has 0 N–H and O–H groups in total. The first kappa shape index (κ1) is 28.6. The third kappa shape index (κ3) is 4.76. The Labute approximate surface area is 190 Å². The number of hydrogen-bond acceptors (Lipinski definition) is 0. The van der Waals surface area contributed by atoms with Crippen LogP contribution in [0.5, 0.6) is 0 Å². The number of rotatable bonds is 2. The molecule has 0 aromatic heterocycles. The molecule has 0 nitrogen and oxygen atoms in total. The van der Waals surface area contributed by atoms with Gasteiger partial charge in [-0.15, -0.1) is 24.8 Å². The zero-order chi connectivity index (χ0) is 20.5. The molecule has 0 radical (unpaired) electrons. The second kappa shape index (κ2) is 8.28. The van der Waals surface area contributed by atoms with E-state index in [0.29, 0.717) is 11.8 Å². The molecule has 28 heavy (non-hydrogen) atoms. The zero-order valence-corrected chi connectivity index (χ0v) is 27.0. The fraction of sp³-hybridized carbons (Fsp3) is 0.667. The van der Waals surface area contributed by atoms with E-state index < -0.39 is 17.1 Å². The smallest absolute Gasteiger partial charge is 0.147 e. The van der Waals surface area contributed by atoms with Gasteiger partial charge in [0, 0.05) is 0 Å². The van der Waals surface area contributed by atoms with Gasteiger partial charge in [-0.1, -0.05) is 0 Å². The molecule has 2 aliphatic carbocycles. The Bertz CT molecular complexity index is 769. The fourth-order valence-corrected chi connectivity index (χ4v) is 37.7. The first-order chi connectivity index (χ1) is 11.4. The van der Waals surface area contributed by atoms with E-state index in [4.69, 9.17) is 0 Å². The molecule has 0 amide bonds. The average molecular weight is 610 g/mol. The van der Waals surface area contributed by atoms with E-state index in [9.17, 15) is 0 Å². The Morgan fingerprint density at radius 3 is 1.14 bits per heavy atom. The van der Waals surface area contributed by atoms with Crippen molar-refractivity contribution >= 4 is 31.8 Å². The van der Waals surface area contributed by atoms with Crippen LogP contribution in [0.2, 0.25) is 9.36 Å². The molecule has 0 saturated heterocycles. The number of allylic oxidation sites excluding steroid dienone is 8. The summed E-state index contributed by atoms with van der Waals surface area (Å²) in [4.78, 5) is 0. The molecule has 2 aliphatic rings. The molecule has 0 aliphatic heterocycles. The van der Waals surface area contributed by atoms with Gasteiger partial charge in [0.25, 0.3) is 0 Å². The summed E-state index contributed by atoms with van der Waals surface area (Å²) in [6.45, 7) is 26.4. The van der Waals surface area contributed by atoms with Crippen molar-refractivity contribution < 1.29 is 17.1 Å². The minimum atomic E-state index is -3.37. The van der Waals surface area contributed by atoms with Crippen LogP contribution in [-0.4, -0.2) is 6.94 Å². The van der Waals surface area contributed by atoms with Crippen LogP contribution in [0, 0.1) is 22.7 Å². The van der Waals surface area contributed by atoms with E-state index in [1.165, 1.54) is 0 Å². The first-order valence-corrected chi connectivity index (χ1v) is 29.4. The van der Waals surface area contributed by atoms with Crippen molar-refractivity contribution in [2.24, 2.45) is 22.7 Å². The van der Waals surface area contributed by atoms with Crippen LogP contribution in [0.15, 0.2) is 41.1 Å². The van der Waals surface area contributed by atoms with Crippen LogP contribution in [0.1, 0.15) is 69.2 Å². The molecule has 162 valence electrons. The molecular formula is C24H44Cl2HfSi. The molecule has 0 heterocycles. The van der Waals surface area contributed by atoms with E-state index in [1.807, 2.05) is 6.66 Å². The summed E-state index contributed by atoms with van der Waals surface area (Å²) in [6.07, 6.45) is 5.16. The molecule has 2 unspecified atom stereocenters. The molecule has 2 atom stereocenters. The Hall–Kier alpha value is 0.627. The van der Waals surface area contributed by atoms with Gasteiger partial charge in [-0.25, -0.2) is 0 Å². The van der Waals surface area contributed by atoms with Crippen molar-refractivity contribution in [3.05, 3.63) is 41.1 Å². The van der Waals surface area contributed by atoms with Crippen molar-refractivity contribution in [3.8, 4) is 0 Å². The molecule has 0 aromatic carbocycles. The van der Waals surface area contributed by atoms with Crippen LogP contribution in [0.25, 0.3) is 0 Å². The van der Waals surface area contributed by atoms with Crippen molar-refractivity contribution in [3.63, 3.8) is 0 Å². The van der Waals surface area contributed by atoms with Crippen molar-refractivity contribution in [2.75, 3.05) is 0 Å². The maximum Gasteiger partial charge on any atom is -0.147 e. The van der Waals surface area contributed by atoms with Crippen molar-refractivity contribution in [1.29, 1.82) is 0 Å². The SMILES string of the molecule is CC1=[C]([Hf]([CH3])([CH3])(=[SiH2])[C]2=C(C)C(C(C)(C)C)=CC2C)C(C)C=C1C(C)(C)C.Cl.Cl. The summed E-state index contributed by atoms with van der Waals surface area (Å²) >= 11 is -3.37. The molecule has 2 rings (SSSR count). The van der Waals surface area contributed by atoms with E-state index >= 15 is 0 Å². The Morgan fingerprint density at radius 2 is 0.964 bits per heavy atom. The van der Waals surface area contributed by atoms with Gasteiger partial charge >= 0.3 is 166 Å². The molecule has 4 heteroatoms. The van der Waals surface area contributed by atoms with Gasteiger partial charge in [0.1, 0.15) is 0 Å². The predicted octanol–water partition coefficient (Wildman–Crippen LogP) is 7.96. The van der Waals surface area contributed by atoms with Gasteiger partial charge in [-0.05, 0) is 0 Å². The largest absolute Gasteiger partial charge is 0.147 e. The molecule has 0 spiro atoms. The number of halogens is 2. The molecule has 0 saturated carbocycles. The third-order valence-corrected chi connectivity index (χ3v) is 31.3. The van der Waals surface area contributed by atoms with Gasteiger partial charge in [-0.2, -0.15) is 0 Å². The maximum atomic E-state index is 2.71. The van der Waals surface area contributed by atoms with Crippen LogP contribution in [-0.2, 0) is 17.1 Å². The summed E-state index contributed by atoms with van der Waals surface area (Å²) in [5.41, 5.74) is 6.90. The van der Waals surface area contributed by atoms with E-state index in [0.717, 1.165) is 0 Å². The minimum absolute atomic E-state index is 0. The Morgan fingerprint density at radius 1 is 0.714 bits per heavy atom. The van der Waals surface area contributed by atoms with E-state index in [1.54, 1.807) is 22.3 Å². The van der Waals surface area contributed by atoms with Gasteiger partial charge in [0.2, 0.25) is 0 Å². The van der Waals surface area contributed by atoms with Gasteiger partial charge in [0.15, 0.2) is 0 Å². The Balaban J connectivity index is 0.00000364. The second-order valence-corrected chi connectivity index (χ2v) is 52.5. The summed E-state index contributed by atoms with van der Waals surface area (Å²) in [7, 11) is 0. The third-order valence-electron chi connectivity index (χ3n) is 6.70. The molecular weight excluding hydrogens is 566 g/mol. The fourth-order valence-electron chi connectivity index (χ4n) is 6.32. The number of hydrogen-bond donors (Lipinski definition) is 0. The standard InChI is InChI=1S/2C11H17.2CH3.2ClH.Hf.H2Si/c2*1-8-6-9(2)10(7-8)11(3,4)5;;;;;;/h2*7-8H,1-5H3;2*1H3;2*1H;;1H2. The summed E-state index contributed by atoms with van der Waals surface area (Å²) < 4.78 is 9.10. The van der Waals surface area contributed by atoms with Crippen LogP contribution in [0.3, 0.4) is 0 Å².